The van der Waals surface area contributed by atoms with E-state index in [0.29, 0.717) is 21.3 Å². The Labute approximate surface area is 194 Å². The molecule has 30 heavy (non-hydrogen) atoms. The van der Waals surface area contributed by atoms with Crippen LogP contribution >= 0.6 is 44.1 Å². The van der Waals surface area contributed by atoms with Crippen LogP contribution in [0.25, 0.3) is 10.9 Å². The van der Waals surface area contributed by atoms with Crippen molar-refractivity contribution in [3.63, 3.8) is 0 Å². The first-order valence-corrected chi connectivity index (χ1v) is 10.9. The molecule has 0 aliphatic rings. The number of thiocarbonyl (C=S) groups is 1. The SMILES string of the molecule is O=c1c2cc(Br)cc(Br)c2nc(Nc2ccccc2)n1NC(=S)Nc1ccccc1. The number of benzene rings is 3. The highest BCUT2D eigenvalue weighted by atomic mass is 79.9. The zero-order chi connectivity index (χ0) is 21.1. The molecule has 0 fully saturated rings. The predicted molar refractivity (Wildman–Crippen MR) is 133 cm³/mol. The lowest BCUT2D eigenvalue weighted by Gasteiger charge is -2.18. The molecule has 150 valence electrons. The average molecular weight is 545 g/mol. The van der Waals surface area contributed by atoms with Crippen molar-refractivity contribution in [2.24, 2.45) is 0 Å². The van der Waals surface area contributed by atoms with Crippen LogP contribution in [0, 0.1) is 0 Å². The summed E-state index contributed by atoms with van der Waals surface area (Å²) >= 11 is 12.3. The van der Waals surface area contributed by atoms with Crippen LogP contribution in [-0.4, -0.2) is 14.8 Å². The molecule has 3 N–H and O–H groups in total. The summed E-state index contributed by atoms with van der Waals surface area (Å²) in [6.45, 7) is 0. The second-order valence-corrected chi connectivity index (χ2v) is 8.46. The molecule has 3 aromatic carbocycles. The van der Waals surface area contributed by atoms with Crippen molar-refractivity contribution in [2.45, 2.75) is 0 Å². The van der Waals surface area contributed by atoms with Gasteiger partial charge in [-0.05, 0) is 64.5 Å². The van der Waals surface area contributed by atoms with Crippen molar-refractivity contribution in [3.8, 4) is 0 Å². The number of hydrogen-bond donors (Lipinski definition) is 3. The number of fused-ring (bicyclic) bond motifs is 1. The van der Waals surface area contributed by atoms with Gasteiger partial charge in [-0.1, -0.05) is 52.3 Å². The number of para-hydroxylation sites is 2. The van der Waals surface area contributed by atoms with Gasteiger partial charge in [0.15, 0.2) is 5.11 Å². The highest BCUT2D eigenvalue weighted by molar-refractivity contribution is 9.11. The molecule has 1 aromatic heterocycles. The first-order chi connectivity index (χ1) is 14.5. The molecular formula is C21H15Br2N5OS. The molecule has 0 radical (unpaired) electrons. The van der Waals surface area contributed by atoms with Gasteiger partial charge in [-0.2, -0.15) is 4.68 Å². The van der Waals surface area contributed by atoms with Gasteiger partial charge in [0.25, 0.3) is 5.56 Å². The summed E-state index contributed by atoms with van der Waals surface area (Å²) in [6, 6.07) is 22.5. The largest absolute Gasteiger partial charge is 0.331 e. The van der Waals surface area contributed by atoms with E-state index in [1.54, 1.807) is 6.07 Å². The summed E-state index contributed by atoms with van der Waals surface area (Å²) in [6.07, 6.45) is 0. The molecule has 4 rings (SSSR count). The third-order valence-electron chi connectivity index (χ3n) is 4.17. The Morgan fingerprint density at radius 1 is 0.933 bits per heavy atom. The van der Waals surface area contributed by atoms with Crippen LogP contribution in [0.5, 0.6) is 0 Å². The summed E-state index contributed by atoms with van der Waals surface area (Å²) in [5, 5.41) is 6.95. The maximum absolute atomic E-state index is 13.3. The lowest BCUT2D eigenvalue weighted by molar-refractivity contribution is 0.908. The van der Waals surface area contributed by atoms with Crippen molar-refractivity contribution < 1.29 is 0 Å². The molecule has 0 aliphatic carbocycles. The molecule has 4 aromatic rings. The minimum atomic E-state index is -0.294. The number of nitrogens with one attached hydrogen (secondary N) is 3. The van der Waals surface area contributed by atoms with Crippen LogP contribution in [0.15, 0.2) is 86.5 Å². The fourth-order valence-electron chi connectivity index (χ4n) is 2.84. The summed E-state index contributed by atoms with van der Waals surface area (Å²) in [5.41, 5.74) is 4.79. The normalized spacial score (nSPS) is 10.6. The van der Waals surface area contributed by atoms with Crippen molar-refractivity contribution in [3.05, 3.63) is 92.1 Å². The van der Waals surface area contributed by atoms with Gasteiger partial charge in [-0.3, -0.25) is 10.2 Å². The Morgan fingerprint density at radius 2 is 1.57 bits per heavy atom. The number of anilines is 3. The fraction of sp³-hybridized carbons (Fsp3) is 0. The summed E-state index contributed by atoms with van der Waals surface area (Å²) in [5.74, 6) is 0.305. The van der Waals surface area contributed by atoms with Crippen LogP contribution < -0.4 is 21.6 Å². The van der Waals surface area contributed by atoms with E-state index in [1.807, 2.05) is 66.7 Å². The molecule has 0 bridgehead atoms. The van der Waals surface area contributed by atoms with E-state index in [2.05, 4.69) is 52.9 Å². The van der Waals surface area contributed by atoms with E-state index in [1.165, 1.54) is 4.68 Å². The van der Waals surface area contributed by atoms with Crippen molar-refractivity contribution in [1.29, 1.82) is 0 Å². The van der Waals surface area contributed by atoms with E-state index in [4.69, 9.17) is 12.2 Å². The van der Waals surface area contributed by atoms with Gasteiger partial charge < -0.3 is 10.6 Å². The van der Waals surface area contributed by atoms with E-state index in [9.17, 15) is 4.79 Å². The molecule has 0 saturated heterocycles. The number of nitrogens with zero attached hydrogens (tertiary/aromatic N) is 2. The smallest absolute Gasteiger partial charge is 0.281 e. The lowest BCUT2D eigenvalue weighted by atomic mass is 10.2. The number of hydrogen-bond acceptors (Lipinski definition) is 4. The van der Waals surface area contributed by atoms with Gasteiger partial charge >= 0.3 is 0 Å². The third-order valence-corrected chi connectivity index (χ3v) is 5.42. The van der Waals surface area contributed by atoms with E-state index < -0.39 is 0 Å². The molecule has 0 unspecified atom stereocenters. The standard InChI is InChI=1S/C21H15Br2N5OS/c22-13-11-16-18(17(23)12-13)26-20(24-14-7-3-1-4-8-14)28(19(16)29)27-21(30)25-15-9-5-2-6-10-15/h1-12H,(H,24,26)(H2,25,27,30). The minimum Gasteiger partial charge on any atom is -0.331 e. The molecule has 9 heteroatoms. The Morgan fingerprint density at radius 3 is 2.23 bits per heavy atom. The molecule has 6 nitrogen and oxygen atoms in total. The second-order valence-electron chi connectivity index (χ2n) is 6.28. The number of aromatic nitrogens is 2. The van der Waals surface area contributed by atoms with Gasteiger partial charge in [0.05, 0.1) is 10.9 Å². The molecule has 0 amide bonds. The maximum atomic E-state index is 13.3. The molecule has 1 heterocycles. The van der Waals surface area contributed by atoms with E-state index in [0.717, 1.165) is 15.8 Å². The summed E-state index contributed by atoms with van der Waals surface area (Å²) in [4.78, 5) is 18.0. The summed E-state index contributed by atoms with van der Waals surface area (Å²) < 4.78 is 2.77. The molecular weight excluding hydrogens is 530 g/mol. The van der Waals surface area contributed by atoms with Crippen molar-refractivity contribution in [1.82, 2.24) is 9.66 Å². The zero-order valence-electron chi connectivity index (χ0n) is 15.4. The van der Waals surface area contributed by atoms with Crippen LogP contribution in [0.2, 0.25) is 0 Å². The van der Waals surface area contributed by atoms with Crippen LogP contribution in [-0.2, 0) is 0 Å². The van der Waals surface area contributed by atoms with Gasteiger partial charge in [0.1, 0.15) is 0 Å². The Bertz CT molecular complexity index is 1280. The topological polar surface area (TPSA) is 71.0 Å². The van der Waals surface area contributed by atoms with Crippen LogP contribution in [0.4, 0.5) is 17.3 Å². The minimum absolute atomic E-state index is 0.259. The lowest BCUT2D eigenvalue weighted by Crippen LogP contribution is -2.37. The Balaban J connectivity index is 1.78. The number of rotatable bonds is 4. The van der Waals surface area contributed by atoms with Gasteiger partial charge in [-0.25, -0.2) is 4.98 Å². The summed E-state index contributed by atoms with van der Waals surface area (Å²) in [7, 11) is 0. The Kier molecular flexibility index (Phi) is 6.12. The predicted octanol–water partition coefficient (Wildman–Crippen LogP) is 5.61. The zero-order valence-corrected chi connectivity index (χ0v) is 19.4. The van der Waals surface area contributed by atoms with Crippen LogP contribution in [0.1, 0.15) is 0 Å². The monoisotopic (exact) mass is 543 g/mol. The third kappa shape index (κ3) is 4.53. The van der Waals surface area contributed by atoms with Crippen molar-refractivity contribution in [2.75, 3.05) is 16.1 Å². The number of halogens is 2. The second kappa shape index (κ2) is 8.95. The highest BCUT2D eigenvalue weighted by Crippen LogP contribution is 2.27. The maximum Gasteiger partial charge on any atom is 0.281 e. The first kappa shape index (κ1) is 20.5. The molecule has 0 spiro atoms. The molecule has 0 aliphatic heterocycles. The molecule has 0 atom stereocenters. The van der Waals surface area contributed by atoms with Gasteiger partial charge in [0.2, 0.25) is 5.95 Å². The molecule has 0 saturated carbocycles. The fourth-order valence-corrected chi connectivity index (χ4v) is 4.36. The first-order valence-electron chi connectivity index (χ1n) is 8.88. The van der Waals surface area contributed by atoms with Gasteiger partial charge in [-0.15, -0.1) is 0 Å². The van der Waals surface area contributed by atoms with Gasteiger partial charge in [0, 0.05) is 20.3 Å². The van der Waals surface area contributed by atoms with Crippen LogP contribution in [0.3, 0.4) is 0 Å². The van der Waals surface area contributed by atoms with Crippen molar-refractivity contribution >= 4 is 77.4 Å². The van der Waals surface area contributed by atoms with E-state index >= 15 is 0 Å². The highest BCUT2D eigenvalue weighted by Gasteiger charge is 2.15. The Hall–Kier alpha value is -2.75. The van der Waals surface area contributed by atoms with E-state index in [-0.39, 0.29) is 10.7 Å². The average Bonchev–Trinajstić information content (AvgIpc) is 2.73. The quantitative estimate of drug-likeness (QED) is 0.290.